The lowest BCUT2D eigenvalue weighted by Gasteiger charge is -2.10. The molecule has 2 N–H and O–H groups in total. The topological polar surface area (TPSA) is 26.0 Å². The van der Waals surface area contributed by atoms with Crippen molar-refractivity contribution in [2.75, 3.05) is 6.54 Å². The molecule has 0 aromatic carbocycles. The highest BCUT2D eigenvalue weighted by Crippen LogP contribution is 2.11. The first-order valence-corrected chi connectivity index (χ1v) is 4.66. The molecule has 0 radical (unpaired) electrons. The van der Waals surface area contributed by atoms with Gasteiger partial charge in [0, 0.05) is 0 Å². The molecule has 11 heavy (non-hydrogen) atoms. The molecule has 1 nitrogen and oxygen atoms in total. The van der Waals surface area contributed by atoms with Gasteiger partial charge in [-0.1, -0.05) is 31.9 Å². The Balaban J connectivity index is 3.40. The molecule has 0 aliphatic carbocycles. The Bertz CT molecular complexity index is 97.0. The minimum absolute atomic E-state index is 0.714. The van der Waals surface area contributed by atoms with Crippen molar-refractivity contribution in [3.8, 4) is 0 Å². The first kappa shape index (κ1) is 10.7. The van der Waals surface area contributed by atoms with Gasteiger partial charge in [0.1, 0.15) is 0 Å². The van der Waals surface area contributed by atoms with E-state index in [4.69, 9.17) is 5.73 Å². The summed E-state index contributed by atoms with van der Waals surface area (Å²) in [6, 6.07) is 0. The summed E-state index contributed by atoms with van der Waals surface area (Å²) >= 11 is 0. The third kappa shape index (κ3) is 6.11. The van der Waals surface area contributed by atoms with Crippen molar-refractivity contribution in [3.63, 3.8) is 0 Å². The zero-order valence-electron chi connectivity index (χ0n) is 7.84. The standard InChI is InChI=1S/C10H21N/c1-3-5-7-10(9-11)8-6-4-2/h3,5,10H,4,6-9,11H2,1-2H3/b5-3-. The lowest BCUT2D eigenvalue weighted by molar-refractivity contribution is 0.480. The van der Waals surface area contributed by atoms with Crippen LogP contribution in [0.5, 0.6) is 0 Å². The highest BCUT2D eigenvalue weighted by Gasteiger charge is 2.02. The van der Waals surface area contributed by atoms with Crippen LogP contribution in [0.3, 0.4) is 0 Å². The molecule has 0 aliphatic rings. The number of rotatable bonds is 6. The summed E-state index contributed by atoms with van der Waals surface area (Å²) in [6.45, 7) is 5.13. The highest BCUT2D eigenvalue weighted by molar-refractivity contribution is 4.80. The Kier molecular flexibility index (Phi) is 7.59. The van der Waals surface area contributed by atoms with Crippen molar-refractivity contribution in [1.82, 2.24) is 0 Å². The molecule has 0 aromatic heterocycles. The van der Waals surface area contributed by atoms with E-state index in [1.165, 1.54) is 19.3 Å². The first-order chi connectivity index (χ1) is 5.35. The molecule has 0 saturated carbocycles. The maximum atomic E-state index is 5.62. The number of allylic oxidation sites excluding steroid dienone is 2. The predicted octanol–water partition coefficient (Wildman–Crippen LogP) is 2.72. The van der Waals surface area contributed by atoms with Crippen LogP contribution in [-0.2, 0) is 0 Å². The number of nitrogens with two attached hydrogens (primary N) is 1. The average Bonchev–Trinajstić information content (AvgIpc) is 2.05. The summed E-state index contributed by atoms with van der Waals surface area (Å²) in [6.07, 6.45) is 9.37. The minimum Gasteiger partial charge on any atom is -0.330 e. The van der Waals surface area contributed by atoms with Gasteiger partial charge in [-0.2, -0.15) is 0 Å². The Morgan fingerprint density at radius 3 is 2.64 bits per heavy atom. The first-order valence-electron chi connectivity index (χ1n) is 4.66. The number of unbranched alkanes of at least 4 members (excludes halogenated alkanes) is 1. The fraction of sp³-hybridized carbons (Fsp3) is 0.800. The molecule has 66 valence electrons. The van der Waals surface area contributed by atoms with E-state index in [9.17, 15) is 0 Å². The number of hydrogen-bond donors (Lipinski definition) is 1. The van der Waals surface area contributed by atoms with Gasteiger partial charge in [0.2, 0.25) is 0 Å². The molecule has 1 heteroatoms. The van der Waals surface area contributed by atoms with Gasteiger partial charge in [-0.25, -0.2) is 0 Å². The summed E-state index contributed by atoms with van der Waals surface area (Å²) < 4.78 is 0. The van der Waals surface area contributed by atoms with Crippen LogP contribution in [0.15, 0.2) is 12.2 Å². The van der Waals surface area contributed by atoms with Crippen LogP contribution in [0.25, 0.3) is 0 Å². The summed E-state index contributed by atoms with van der Waals surface area (Å²) in [7, 11) is 0. The molecule has 0 rings (SSSR count). The van der Waals surface area contributed by atoms with Crippen molar-refractivity contribution in [1.29, 1.82) is 0 Å². The smallest absolute Gasteiger partial charge is 0.00459 e. The highest BCUT2D eigenvalue weighted by atomic mass is 14.5. The molecule has 1 unspecified atom stereocenters. The number of hydrogen-bond acceptors (Lipinski definition) is 1. The second-order valence-corrected chi connectivity index (χ2v) is 3.05. The van der Waals surface area contributed by atoms with Crippen molar-refractivity contribution in [2.24, 2.45) is 11.7 Å². The van der Waals surface area contributed by atoms with Gasteiger partial charge in [0.05, 0.1) is 0 Å². The van der Waals surface area contributed by atoms with Crippen molar-refractivity contribution in [2.45, 2.75) is 39.5 Å². The van der Waals surface area contributed by atoms with Crippen LogP contribution in [0.2, 0.25) is 0 Å². The predicted molar refractivity (Wildman–Crippen MR) is 51.5 cm³/mol. The molecule has 0 bridgehead atoms. The average molecular weight is 155 g/mol. The van der Waals surface area contributed by atoms with Gasteiger partial charge in [0.25, 0.3) is 0 Å². The second-order valence-electron chi connectivity index (χ2n) is 3.05. The van der Waals surface area contributed by atoms with E-state index in [1.807, 2.05) is 0 Å². The molecule has 0 heterocycles. The summed E-state index contributed by atoms with van der Waals surface area (Å²) in [5.41, 5.74) is 5.62. The SMILES string of the molecule is C/C=C\CC(CN)CCCC. The molecular weight excluding hydrogens is 134 g/mol. The Labute approximate surface area is 70.7 Å². The van der Waals surface area contributed by atoms with Gasteiger partial charge in [0.15, 0.2) is 0 Å². The van der Waals surface area contributed by atoms with Gasteiger partial charge < -0.3 is 5.73 Å². The van der Waals surface area contributed by atoms with E-state index in [1.54, 1.807) is 0 Å². The Morgan fingerprint density at radius 2 is 2.18 bits per heavy atom. The van der Waals surface area contributed by atoms with E-state index in [0.29, 0.717) is 5.92 Å². The van der Waals surface area contributed by atoms with Crippen molar-refractivity contribution in [3.05, 3.63) is 12.2 Å². The zero-order valence-corrected chi connectivity index (χ0v) is 7.84. The Morgan fingerprint density at radius 1 is 1.45 bits per heavy atom. The van der Waals surface area contributed by atoms with Gasteiger partial charge in [-0.3, -0.25) is 0 Å². The maximum Gasteiger partial charge on any atom is -0.00459 e. The largest absolute Gasteiger partial charge is 0.330 e. The molecule has 0 aromatic rings. The molecule has 0 fully saturated rings. The fourth-order valence-corrected chi connectivity index (χ4v) is 1.15. The summed E-state index contributed by atoms with van der Waals surface area (Å²) in [5.74, 6) is 0.714. The normalized spacial score (nSPS) is 14.1. The van der Waals surface area contributed by atoms with Gasteiger partial charge >= 0.3 is 0 Å². The van der Waals surface area contributed by atoms with E-state index in [-0.39, 0.29) is 0 Å². The van der Waals surface area contributed by atoms with Crippen LogP contribution in [0, 0.1) is 5.92 Å². The van der Waals surface area contributed by atoms with Crippen LogP contribution in [-0.4, -0.2) is 6.54 Å². The van der Waals surface area contributed by atoms with E-state index in [2.05, 4.69) is 26.0 Å². The molecule has 0 saturated heterocycles. The second kappa shape index (κ2) is 7.80. The summed E-state index contributed by atoms with van der Waals surface area (Å²) in [4.78, 5) is 0. The van der Waals surface area contributed by atoms with E-state index in [0.717, 1.165) is 13.0 Å². The van der Waals surface area contributed by atoms with Crippen LogP contribution in [0.1, 0.15) is 39.5 Å². The molecule has 0 spiro atoms. The quantitative estimate of drug-likeness (QED) is 0.586. The van der Waals surface area contributed by atoms with E-state index >= 15 is 0 Å². The third-order valence-electron chi connectivity index (χ3n) is 2.00. The fourth-order valence-electron chi connectivity index (χ4n) is 1.15. The maximum absolute atomic E-state index is 5.62. The van der Waals surface area contributed by atoms with Gasteiger partial charge in [-0.05, 0) is 32.2 Å². The molecule has 0 amide bonds. The zero-order chi connectivity index (χ0) is 8.53. The molecule has 0 aliphatic heterocycles. The molecular formula is C10H21N. The van der Waals surface area contributed by atoms with Crippen LogP contribution < -0.4 is 5.73 Å². The van der Waals surface area contributed by atoms with Crippen LogP contribution >= 0.6 is 0 Å². The van der Waals surface area contributed by atoms with E-state index < -0.39 is 0 Å². The van der Waals surface area contributed by atoms with Crippen molar-refractivity contribution < 1.29 is 0 Å². The lowest BCUT2D eigenvalue weighted by atomic mass is 9.99. The van der Waals surface area contributed by atoms with Crippen LogP contribution in [0.4, 0.5) is 0 Å². The van der Waals surface area contributed by atoms with Gasteiger partial charge in [-0.15, -0.1) is 0 Å². The van der Waals surface area contributed by atoms with Crippen molar-refractivity contribution >= 4 is 0 Å². The molecule has 1 atom stereocenters. The minimum atomic E-state index is 0.714. The Hall–Kier alpha value is -0.300. The summed E-state index contributed by atoms with van der Waals surface area (Å²) in [5, 5.41) is 0. The lowest BCUT2D eigenvalue weighted by Crippen LogP contribution is -2.13. The monoisotopic (exact) mass is 155 g/mol. The third-order valence-corrected chi connectivity index (χ3v) is 2.00.